The summed E-state index contributed by atoms with van der Waals surface area (Å²) in [5.41, 5.74) is 5.82. The molecule has 0 N–H and O–H groups in total. The molecule has 5 nitrogen and oxygen atoms in total. The van der Waals surface area contributed by atoms with Crippen molar-refractivity contribution in [1.82, 2.24) is 4.98 Å². The van der Waals surface area contributed by atoms with E-state index in [-0.39, 0.29) is 12.4 Å². The Morgan fingerprint density at radius 1 is 1.06 bits per heavy atom. The van der Waals surface area contributed by atoms with Crippen LogP contribution in [0.4, 0.5) is 0 Å². The van der Waals surface area contributed by atoms with Crippen LogP contribution in [0.15, 0.2) is 65.2 Å². The maximum atomic E-state index is 11.9. The zero-order valence-corrected chi connectivity index (χ0v) is 18.7. The Hall–Kier alpha value is -3.60. The summed E-state index contributed by atoms with van der Waals surface area (Å²) in [5, 5.41) is 1.04. The van der Waals surface area contributed by atoms with Crippen LogP contribution in [-0.4, -0.2) is 17.6 Å². The highest BCUT2D eigenvalue weighted by Gasteiger charge is 2.14. The molecule has 164 valence electrons. The Labute approximate surface area is 188 Å². The summed E-state index contributed by atoms with van der Waals surface area (Å²) in [5.74, 6) is 1.29. The number of pyridine rings is 1. The number of nitrogens with zero attached hydrogens (tertiary/aromatic N) is 1. The second-order valence-corrected chi connectivity index (χ2v) is 7.69. The van der Waals surface area contributed by atoms with Gasteiger partial charge >= 0.3 is 5.97 Å². The Morgan fingerprint density at radius 2 is 1.91 bits per heavy atom. The van der Waals surface area contributed by atoms with E-state index in [1.807, 2.05) is 49.5 Å². The van der Waals surface area contributed by atoms with Crippen LogP contribution in [0.2, 0.25) is 0 Å². The highest BCUT2D eigenvalue weighted by atomic mass is 16.5. The molecule has 4 rings (SSSR count). The standard InChI is InChI=1S/C27H27NO4/c1-4-23-15-20(10-11-28-23)24-14-19(13-22-12-18(3)32-27(22)24)17-31-25-9-7-6-8-21(25)16-26(29)30-5-2/h6-15H,4-5,16-17H2,1-3H3. The van der Waals surface area contributed by atoms with E-state index in [0.29, 0.717) is 19.0 Å². The lowest BCUT2D eigenvalue weighted by molar-refractivity contribution is -0.142. The van der Waals surface area contributed by atoms with E-state index in [9.17, 15) is 4.79 Å². The van der Waals surface area contributed by atoms with Gasteiger partial charge in [-0.1, -0.05) is 25.1 Å². The van der Waals surface area contributed by atoms with Crippen molar-refractivity contribution in [2.45, 2.75) is 40.2 Å². The fourth-order valence-corrected chi connectivity index (χ4v) is 3.80. The molecule has 0 spiro atoms. The van der Waals surface area contributed by atoms with Crippen LogP contribution in [0.5, 0.6) is 5.75 Å². The quantitative estimate of drug-likeness (QED) is 0.319. The van der Waals surface area contributed by atoms with Gasteiger partial charge in [0.25, 0.3) is 0 Å². The zero-order chi connectivity index (χ0) is 22.5. The first-order valence-electron chi connectivity index (χ1n) is 10.9. The maximum Gasteiger partial charge on any atom is 0.310 e. The average molecular weight is 430 g/mol. The molecule has 0 radical (unpaired) electrons. The molecule has 0 saturated heterocycles. The molecule has 0 atom stereocenters. The minimum absolute atomic E-state index is 0.187. The highest BCUT2D eigenvalue weighted by molar-refractivity contribution is 5.93. The van der Waals surface area contributed by atoms with Crippen LogP contribution in [0.1, 0.15) is 36.4 Å². The number of benzene rings is 2. The van der Waals surface area contributed by atoms with Crippen molar-refractivity contribution in [2.24, 2.45) is 0 Å². The number of hydrogen-bond acceptors (Lipinski definition) is 5. The SMILES string of the molecule is CCOC(=O)Cc1ccccc1OCc1cc(-c2ccnc(CC)c2)c2oc(C)cc2c1. The number of rotatable bonds is 8. The Kier molecular flexibility index (Phi) is 6.55. The molecule has 2 aromatic heterocycles. The fraction of sp³-hybridized carbons (Fsp3) is 0.259. The number of carbonyl (C=O) groups is 1. The number of furan rings is 1. The molecule has 0 saturated carbocycles. The van der Waals surface area contributed by atoms with Crippen LogP contribution in [0.25, 0.3) is 22.1 Å². The Morgan fingerprint density at radius 3 is 2.72 bits per heavy atom. The lowest BCUT2D eigenvalue weighted by Crippen LogP contribution is -2.09. The summed E-state index contributed by atoms with van der Waals surface area (Å²) in [6.07, 6.45) is 2.89. The van der Waals surface area contributed by atoms with Crippen molar-refractivity contribution in [3.05, 3.63) is 83.4 Å². The van der Waals surface area contributed by atoms with Gasteiger partial charge in [0.05, 0.1) is 13.0 Å². The summed E-state index contributed by atoms with van der Waals surface area (Å²) in [6, 6.07) is 17.9. The van der Waals surface area contributed by atoms with E-state index in [4.69, 9.17) is 13.9 Å². The van der Waals surface area contributed by atoms with E-state index in [1.54, 1.807) is 6.92 Å². The van der Waals surface area contributed by atoms with Gasteiger partial charge < -0.3 is 13.9 Å². The maximum absolute atomic E-state index is 11.9. The number of ether oxygens (including phenoxy) is 2. The molecule has 0 amide bonds. The van der Waals surface area contributed by atoms with Crippen molar-refractivity contribution >= 4 is 16.9 Å². The van der Waals surface area contributed by atoms with Crippen LogP contribution < -0.4 is 4.74 Å². The van der Waals surface area contributed by atoms with Gasteiger partial charge in [-0.2, -0.15) is 0 Å². The zero-order valence-electron chi connectivity index (χ0n) is 18.7. The molecule has 2 aromatic carbocycles. The summed E-state index contributed by atoms with van der Waals surface area (Å²) < 4.78 is 17.2. The molecule has 0 aliphatic heterocycles. The molecule has 2 heterocycles. The number of para-hydroxylation sites is 1. The second kappa shape index (κ2) is 9.69. The molecular weight excluding hydrogens is 402 g/mol. The topological polar surface area (TPSA) is 61.6 Å². The fourth-order valence-electron chi connectivity index (χ4n) is 3.80. The predicted molar refractivity (Wildman–Crippen MR) is 125 cm³/mol. The smallest absolute Gasteiger partial charge is 0.310 e. The monoisotopic (exact) mass is 429 g/mol. The third-order valence-electron chi connectivity index (χ3n) is 5.30. The Balaban J connectivity index is 1.64. The molecule has 0 aliphatic rings. The Bertz CT molecular complexity index is 1240. The van der Waals surface area contributed by atoms with Crippen LogP contribution in [0.3, 0.4) is 0 Å². The van der Waals surface area contributed by atoms with Gasteiger partial charge in [-0.3, -0.25) is 9.78 Å². The van der Waals surface area contributed by atoms with Gasteiger partial charge in [0.2, 0.25) is 0 Å². The molecule has 0 aliphatic carbocycles. The first-order chi connectivity index (χ1) is 15.6. The first-order valence-corrected chi connectivity index (χ1v) is 10.9. The van der Waals surface area contributed by atoms with E-state index >= 15 is 0 Å². The van der Waals surface area contributed by atoms with Crippen molar-refractivity contribution in [3.8, 4) is 16.9 Å². The number of esters is 1. The summed E-state index contributed by atoms with van der Waals surface area (Å²) in [7, 11) is 0. The summed E-state index contributed by atoms with van der Waals surface area (Å²) in [6.45, 7) is 6.59. The number of aromatic nitrogens is 1. The van der Waals surface area contributed by atoms with E-state index < -0.39 is 0 Å². The molecule has 0 bridgehead atoms. The highest BCUT2D eigenvalue weighted by Crippen LogP contribution is 2.33. The molecule has 5 heteroatoms. The minimum atomic E-state index is -0.259. The molecular formula is C27H27NO4. The van der Waals surface area contributed by atoms with E-state index in [1.165, 1.54) is 0 Å². The van der Waals surface area contributed by atoms with Gasteiger partial charge in [0, 0.05) is 28.4 Å². The van der Waals surface area contributed by atoms with Crippen molar-refractivity contribution in [1.29, 1.82) is 0 Å². The van der Waals surface area contributed by atoms with Gasteiger partial charge in [0.1, 0.15) is 23.7 Å². The second-order valence-electron chi connectivity index (χ2n) is 7.69. The number of aryl methyl sites for hydroxylation is 2. The molecule has 0 fully saturated rings. The first kappa shape index (κ1) is 21.6. The van der Waals surface area contributed by atoms with E-state index in [0.717, 1.165) is 51.1 Å². The molecule has 4 aromatic rings. The van der Waals surface area contributed by atoms with Crippen molar-refractivity contribution in [3.63, 3.8) is 0 Å². The number of hydrogen-bond donors (Lipinski definition) is 0. The largest absolute Gasteiger partial charge is 0.489 e. The normalized spacial score (nSPS) is 11.0. The van der Waals surface area contributed by atoms with Crippen molar-refractivity contribution < 1.29 is 18.7 Å². The molecule has 0 unspecified atom stereocenters. The third-order valence-corrected chi connectivity index (χ3v) is 5.30. The minimum Gasteiger partial charge on any atom is -0.489 e. The summed E-state index contributed by atoms with van der Waals surface area (Å²) >= 11 is 0. The number of fused-ring (bicyclic) bond motifs is 1. The van der Waals surface area contributed by atoms with Gasteiger partial charge in [-0.05, 0) is 67.8 Å². The summed E-state index contributed by atoms with van der Waals surface area (Å²) in [4.78, 5) is 16.4. The molecule has 32 heavy (non-hydrogen) atoms. The predicted octanol–water partition coefficient (Wildman–Crippen LogP) is 6.05. The van der Waals surface area contributed by atoms with Crippen LogP contribution >= 0.6 is 0 Å². The van der Waals surface area contributed by atoms with Gasteiger partial charge in [0.15, 0.2) is 0 Å². The average Bonchev–Trinajstić information content (AvgIpc) is 3.18. The van der Waals surface area contributed by atoms with Crippen LogP contribution in [-0.2, 0) is 29.0 Å². The lowest BCUT2D eigenvalue weighted by Gasteiger charge is -2.13. The third kappa shape index (κ3) is 4.83. The van der Waals surface area contributed by atoms with Crippen LogP contribution in [0, 0.1) is 6.92 Å². The number of carbonyl (C=O) groups excluding carboxylic acids is 1. The lowest BCUT2D eigenvalue weighted by atomic mass is 10.0. The van der Waals surface area contributed by atoms with Gasteiger partial charge in [-0.25, -0.2) is 0 Å². The van der Waals surface area contributed by atoms with Gasteiger partial charge in [-0.15, -0.1) is 0 Å². The van der Waals surface area contributed by atoms with E-state index in [2.05, 4.69) is 30.1 Å². The van der Waals surface area contributed by atoms with Crippen molar-refractivity contribution in [2.75, 3.05) is 6.61 Å².